The van der Waals surface area contributed by atoms with E-state index in [1.807, 2.05) is 20.8 Å². The van der Waals surface area contributed by atoms with Crippen molar-refractivity contribution in [1.29, 1.82) is 0 Å². The summed E-state index contributed by atoms with van der Waals surface area (Å²) < 4.78 is 0. The average Bonchev–Trinajstić information content (AvgIpc) is 3.12. The van der Waals surface area contributed by atoms with Crippen LogP contribution in [-0.4, -0.2) is 34.7 Å². The van der Waals surface area contributed by atoms with E-state index in [1.54, 1.807) is 11.0 Å². The molecule has 0 spiro atoms. The fraction of sp³-hybridized carbons (Fsp3) is 0.667. The van der Waals surface area contributed by atoms with Crippen molar-refractivity contribution >= 4 is 28.9 Å². The van der Waals surface area contributed by atoms with Crippen molar-refractivity contribution in [3.63, 3.8) is 0 Å². The molecule has 2 N–H and O–H groups in total. The van der Waals surface area contributed by atoms with Gasteiger partial charge in [-0.05, 0) is 64.9 Å². The summed E-state index contributed by atoms with van der Waals surface area (Å²) in [5.41, 5.74) is 0.305. The Balaban J connectivity index is 2.03. The van der Waals surface area contributed by atoms with Gasteiger partial charge < -0.3 is 15.1 Å². The number of amides is 1. The lowest BCUT2D eigenvalue weighted by Crippen LogP contribution is -2.52. The van der Waals surface area contributed by atoms with Gasteiger partial charge in [-0.25, -0.2) is 4.79 Å². The number of piperidine rings is 1. The highest BCUT2D eigenvalue weighted by atomic mass is 32.1. The number of rotatable bonds is 5. The molecule has 1 aromatic heterocycles. The van der Waals surface area contributed by atoms with Crippen molar-refractivity contribution in [3.8, 4) is 11.8 Å². The maximum Gasteiger partial charge on any atom is 0.348 e. The quantitative estimate of drug-likeness (QED) is 0.649. The van der Waals surface area contributed by atoms with Gasteiger partial charge in [0.1, 0.15) is 4.88 Å². The van der Waals surface area contributed by atoms with Gasteiger partial charge in [0.15, 0.2) is 0 Å². The van der Waals surface area contributed by atoms with Crippen LogP contribution in [0.2, 0.25) is 0 Å². The van der Waals surface area contributed by atoms with Crippen LogP contribution in [0.1, 0.15) is 86.7 Å². The third-order valence-electron chi connectivity index (χ3n) is 6.13. The van der Waals surface area contributed by atoms with E-state index in [4.69, 9.17) is 0 Å². The smallest absolute Gasteiger partial charge is 0.348 e. The molecule has 1 saturated heterocycles. The predicted octanol–water partition coefficient (Wildman–Crippen LogP) is 4.92. The first-order chi connectivity index (χ1) is 14.2. The molecule has 1 aliphatic heterocycles. The van der Waals surface area contributed by atoms with E-state index in [0.717, 1.165) is 37.0 Å². The number of aromatic carboxylic acids is 1. The van der Waals surface area contributed by atoms with Crippen molar-refractivity contribution in [2.45, 2.75) is 78.2 Å². The molecular formula is C24H33NO4S. The van der Waals surface area contributed by atoms with Crippen LogP contribution in [0.3, 0.4) is 0 Å². The van der Waals surface area contributed by atoms with Crippen LogP contribution in [0, 0.1) is 29.1 Å². The third-order valence-corrected chi connectivity index (χ3v) is 7.16. The zero-order valence-electron chi connectivity index (χ0n) is 18.2. The van der Waals surface area contributed by atoms with Crippen LogP contribution in [0.25, 0.3) is 0 Å². The SMILES string of the molecule is CC(C)(C)C#Cc1cc(N2C(=O)C(CCO)CCC2C2CCCCC2)c(C(=O)O)s1. The minimum Gasteiger partial charge on any atom is -0.477 e. The molecule has 5 nitrogen and oxygen atoms in total. The topological polar surface area (TPSA) is 77.8 Å². The molecule has 6 heteroatoms. The summed E-state index contributed by atoms with van der Waals surface area (Å²) in [4.78, 5) is 28.2. The summed E-state index contributed by atoms with van der Waals surface area (Å²) in [6.07, 6.45) is 7.79. The second kappa shape index (κ2) is 9.53. The lowest BCUT2D eigenvalue weighted by atomic mass is 9.77. The minimum absolute atomic E-state index is 0.0314. The van der Waals surface area contributed by atoms with Gasteiger partial charge in [-0.3, -0.25) is 4.79 Å². The normalized spacial score (nSPS) is 23.2. The van der Waals surface area contributed by atoms with Gasteiger partial charge in [-0.15, -0.1) is 11.3 Å². The second-order valence-corrected chi connectivity index (χ2v) is 10.6. The number of aliphatic hydroxyl groups is 1. The number of carboxylic acids is 1. The summed E-state index contributed by atoms with van der Waals surface area (Å²) in [6.45, 7) is 6.01. The maximum absolute atomic E-state index is 13.5. The van der Waals surface area contributed by atoms with Crippen molar-refractivity contribution in [2.24, 2.45) is 17.3 Å². The number of nitrogens with zero attached hydrogens (tertiary/aromatic N) is 1. The summed E-state index contributed by atoms with van der Waals surface area (Å²) in [7, 11) is 0. The Labute approximate surface area is 183 Å². The summed E-state index contributed by atoms with van der Waals surface area (Å²) in [6, 6.07) is 1.82. The van der Waals surface area contributed by atoms with Gasteiger partial charge in [0, 0.05) is 24.0 Å². The molecule has 0 bridgehead atoms. The lowest BCUT2D eigenvalue weighted by molar-refractivity contribution is -0.125. The lowest BCUT2D eigenvalue weighted by Gasteiger charge is -2.44. The molecule has 0 radical (unpaired) electrons. The van der Waals surface area contributed by atoms with Gasteiger partial charge in [0.05, 0.1) is 10.6 Å². The van der Waals surface area contributed by atoms with Crippen molar-refractivity contribution in [2.75, 3.05) is 11.5 Å². The van der Waals surface area contributed by atoms with Crippen molar-refractivity contribution in [3.05, 3.63) is 15.8 Å². The molecule has 2 atom stereocenters. The summed E-state index contributed by atoms with van der Waals surface area (Å²) >= 11 is 1.15. The number of thiophene rings is 1. The van der Waals surface area contributed by atoms with Gasteiger partial charge in [0.25, 0.3) is 0 Å². The molecule has 1 aliphatic carbocycles. The maximum atomic E-state index is 13.5. The summed E-state index contributed by atoms with van der Waals surface area (Å²) in [5, 5.41) is 19.3. The van der Waals surface area contributed by atoms with E-state index in [-0.39, 0.29) is 34.8 Å². The average molecular weight is 432 g/mol. The Hall–Kier alpha value is -1.84. The Bertz CT molecular complexity index is 836. The number of carbonyl (C=O) groups excluding carboxylic acids is 1. The van der Waals surface area contributed by atoms with Crippen LogP contribution in [0.15, 0.2) is 6.07 Å². The highest BCUT2D eigenvalue weighted by Gasteiger charge is 2.41. The fourth-order valence-electron chi connectivity index (χ4n) is 4.70. The zero-order valence-corrected chi connectivity index (χ0v) is 19.1. The Morgan fingerprint density at radius 2 is 1.90 bits per heavy atom. The molecule has 1 amide bonds. The van der Waals surface area contributed by atoms with E-state index in [1.165, 1.54) is 19.3 Å². The standard InChI is InChI=1S/C24H33NO4S/c1-24(2,3)13-11-18-15-20(21(30-18)23(28)29)25-19(16-7-5-4-6-8-16)10-9-17(12-14-26)22(25)27/h15-17,19,26H,4-10,12,14H2,1-3H3,(H,28,29). The number of anilines is 1. The van der Waals surface area contributed by atoms with Crippen LogP contribution >= 0.6 is 11.3 Å². The number of carbonyl (C=O) groups is 2. The molecule has 30 heavy (non-hydrogen) atoms. The van der Waals surface area contributed by atoms with E-state index in [2.05, 4.69) is 11.8 Å². The third kappa shape index (κ3) is 5.25. The van der Waals surface area contributed by atoms with E-state index < -0.39 is 5.97 Å². The first kappa shape index (κ1) is 22.8. The van der Waals surface area contributed by atoms with Crippen molar-refractivity contribution < 1.29 is 19.8 Å². The van der Waals surface area contributed by atoms with Crippen LogP contribution in [0.4, 0.5) is 5.69 Å². The second-order valence-electron chi connectivity index (χ2n) is 9.59. The molecule has 1 aromatic rings. The molecule has 2 aliphatic rings. The number of hydrogen-bond donors (Lipinski definition) is 2. The largest absolute Gasteiger partial charge is 0.477 e. The molecular weight excluding hydrogens is 398 g/mol. The number of aliphatic hydroxyl groups excluding tert-OH is 1. The van der Waals surface area contributed by atoms with Gasteiger partial charge in [0.2, 0.25) is 5.91 Å². The van der Waals surface area contributed by atoms with Crippen LogP contribution in [-0.2, 0) is 4.79 Å². The molecule has 3 rings (SSSR count). The predicted molar refractivity (Wildman–Crippen MR) is 120 cm³/mol. The van der Waals surface area contributed by atoms with Crippen LogP contribution < -0.4 is 4.90 Å². The Morgan fingerprint density at radius 1 is 1.20 bits per heavy atom. The fourth-order valence-corrected chi connectivity index (χ4v) is 5.54. The Kier molecular flexibility index (Phi) is 7.26. The molecule has 2 heterocycles. The van der Waals surface area contributed by atoms with E-state index in [0.29, 0.717) is 22.9 Å². The van der Waals surface area contributed by atoms with E-state index in [9.17, 15) is 19.8 Å². The highest BCUT2D eigenvalue weighted by Crippen LogP contribution is 2.42. The minimum atomic E-state index is -1.02. The van der Waals surface area contributed by atoms with Gasteiger partial charge in [-0.2, -0.15) is 0 Å². The zero-order chi connectivity index (χ0) is 21.9. The van der Waals surface area contributed by atoms with E-state index >= 15 is 0 Å². The first-order valence-corrected chi connectivity index (χ1v) is 11.9. The number of hydrogen-bond acceptors (Lipinski definition) is 4. The molecule has 164 valence electrons. The van der Waals surface area contributed by atoms with Gasteiger partial charge >= 0.3 is 5.97 Å². The molecule has 2 unspecified atom stereocenters. The first-order valence-electron chi connectivity index (χ1n) is 11.1. The molecule has 1 saturated carbocycles. The monoisotopic (exact) mass is 431 g/mol. The number of carboxylic acid groups (broad SMARTS) is 1. The van der Waals surface area contributed by atoms with Crippen molar-refractivity contribution in [1.82, 2.24) is 0 Å². The Morgan fingerprint density at radius 3 is 2.50 bits per heavy atom. The molecule has 2 fully saturated rings. The van der Waals surface area contributed by atoms with Gasteiger partial charge in [-0.1, -0.05) is 31.1 Å². The highest BCUT2D eigenvalue weighted by molar-refractivity contribution is 7.15. The molecule has 0 aromatic carbocycles. The summed E-state index contributed by atoms with van der Waals surface area (Å²) in [5.74, 6) is 5.38. The van der Waals surface area contributed by atoms with Crippen LogP contribution in [0.5, 0.6) is 0 Å².